The molecule has 0 spiro atoms. The summed E-state index contributed by atoms with van der Waals surface area (Å²) in [7, 11) is 0. The van der Waals surface area contributed by atoms with E-state index in [2.05, 4.69) is 46.3 Å². The van der Waals surface area contributed by atoms with E-state index in [0.29, 0.717) is 13.0 Å². The van der Waals surface area contributed by atoms with Crippen LogP contribution >= 0.6 is 11.3 Å². The van der Waals surface area contributed by atoms with Gasteiger partial charge in [0.15, 0.2) is 0 Å². The van der Waals surface area contributed by atoms with Crippen molar-refractivity contribution in [3.63, 3.8) is 0 Å². The Morgan fingerprint density at radius 1 is 0.966 bits per heavy atom. The summed E-state index contributed by atoms with van der Waals surface area (Å²) in [6, 6.07) is 18.6. The summed E-state index contributed by atoms with van der Waals surface area (Å²) in [5, 5.41) is 2.92. The number of rotatable bonds is 7. The minimum Gasteiger partial charge on any atom is -0.306 e. The van der Waals surface area contributed by atoms with Crippen molar-refractivity contribution in [1.29, 1.82) is 0 Å². The van der Waals surface area contributed by atoms with Gasteiger partial charge in [-0.25, -0.2) is 4.98 Å². The second kappa shape index (κ2) is 9.81. The lowest BCUT2D eigenvalue weighted by Crippen LogP contribution is -2.36. The number of thiazole rings is 1. The van der Waals surface area contributed by atoms with Crippen molar-refractivity contribution >= 4 is 22.9 Å². The first-order valence-electron chi connectivity index (χ1n) is 10.4. The first kappa shape index (κ1) is 19.8. The lowest BCUT2D eigenvalue weighted by atomic mass is 10.1. The van der Waals surface area contributed by atoms with Gasteiger partial charge in [-0.2, -0.15) is 0 Å². The molecule has 4 nitrogen and oxygen atoms in total. The molecule has 0 bridgehead atoms. The lowest BCUT2D eigenvalue weighted by molar-refractivity contribution is -0.119. The number of benzene rings is 2. The topological polar surface area (TPSA) is 36.4 Å². The molecule has 2 aromatic carbocycles. The fourth-order valence-electron chi connectivity index (χ4n) is 3.83. The Hall–Kier alpha value is -2.50. The molecule has 0 radical (unpaired) electrons. The summed E-state index contributed by atoms with van der Waals surface area (Å²) in [5.41, 5.74) is 3.27. The Labute approximate surface area is 176 Å². The van der Waals surface area contributed by atoms with E-state index in [1.165, 1.54) is 24.8 Å². The summed E-state index contributed by atoms with van der Waals surface area (Å²) in [5.74, 6) is 0.165. The van der Waals surface area contributed by atoms with Gasteiger partial charge in [-0.3, -0.25) is 4.79 Å². The highest BCUT2D eigenvalue weighted by Gasteiger charge is 2.19. The predicted octanol–water partition coefficient (Wildman–Crippen LogP) is 5.22. The first-order chi connectivity index (χ1) is 14.3. The number of carbonyl (C=O) groups is 1. The normalized spacial score (nSPS) is 14.6. The molecule has 2 heterocycles. The summed E-state index contributed by atoms with van der Waals surface area (Å²) in [6.07, 6.45) is 6.16. The molecule has 150 valence electrons. The number of hydrogen-bond acceptors (Lipinski definition) is 4. The van der Waals surface area contributed by atoms with E-state index in [4.69, 9.17) is 0 Å². The van der Waals surface area contributed by atoms with Crippen LogP contribution in [0.4, 0.5) is 5.69 Å². The molecule has 1 fully saturated rings. The third-order valence-electron chi connectivity index (χ3n) is 5.45. The molecule has 5 heteroatoms. The number of hydrogen-bond donors (Lipinski definition) is 0. The number of likely N-dealkylation sites (tertiary alicyclic amines) is 1. The third-order valence-corrected chi connectivity index (χ3v) is 6.22. The van der Waals surface area contributed by atoms with Crippen LogP contribution in [0.25, 0.3) is 11.1 Å². The first-order valence-corrected chi connectivity index (χ1v) is 11.2. The largest absolute Gasteiger partial charge is 0.306 e. The van der Waals surface area contributed by atoms with Gasteiger partial charge in [-0.15, -0.1) is 11.3 Å². The minimum absolute atomic E-state index is 0.165. The maximum absolute atomic E-state index is 13.1. The maximum Gasteiger partial charge on any atom is 0.228 e. The van der Waals surface area contributed by atoms with Crippen LogP contribution in [0.2, 0.25) is 0 Å². The zero-order valence-corrected chi connectivity index (χ0v) is 17.5. The summed E-state index contributed by atoms with van der Waals surface area (Å²) in [4.78, 5) is 21.8. The van der Waals surface area contributed by atoms with E-state index in [0.717, 1.165) is 35.9 Å². The van der Waals surface area contributed by atoms with Crippen LogP contribution in [-0.2, 0) is 11.3 Å². The Morgan fingerprint density at radius 3 is 2.38 bits per heavy atom. The summed E-state index contributed by atoms with van der Waals surface area (Å²) in [6.45, 7) is 3.60. The van der Waals surface area contributed by atoms with Gasteiger partial charge in [0, 0.05) is 30.2 Å². The van der Waals surface area contributed by atoms with Crippen LogP contribution in [0.5, 0.6) is 0 Å². The quantitative estimate of drug-likeness (QED) is 0.541. The van der Waals surface area contributed by atoms with Gasteiger partial charge < -0.3 is 9.80 Å². The number of aromatic nitrogens is 1. The fourth-order valence-corrected chi connectivity index (χ4v) is 4.43. The zero-order valence-electron chi connectivity index (χ0n) is 16.7. The van der Waals surface area contributed by atoms with Crippen LogP contribution in [0.3, 0.4) is 0 Å². The van der Waals surface area contributed by atoms with E-state index in [1.54, 1.807) is 17.5 Å². The van der Waals surface area contributed by atoms with Crippen LogP contribution in [0.15, 0.2) is 66.2 Å². The standard InChI is InChI=1S/C24H27N3OS/c28-24(13-17-26-15-5-2-6-16-26)27(19-23-25-14-18-29-23)22-11-9-21(10-12-22)20-7-3-1-4-8-20/h1,3-4,7-12,14,18H,2,5-6,13,15-17,19H2. The van der Waals surface area contributed by atoms with Crippen molar-refractivity contribution in [3.05, 3.63) is 71.2 Å². The van der Waals surface area contributed by atoms with Gasteiger partial charge in [0.05, 0.1) is 6.54 Å². The van der Waals surface area contributed by atoms with Crippen molar-refractivity contribution in [2.75, 3.05) is 24.5 Å². The van der Waals surface area contributed by atoms with Crippen LogP contribution in [0.1, 0.15) is 30.7 Å². The number of amides is 1. The number of nitrogens with zero attached hydrogens (tertiary/aromatic N) is 3. The third kappa shape index (κ3) is 5.31. The second-order valence-electron chi connectivity index (χ2n) is 7.47. The highest BCUT2D eigenvalue weighted by atomic mass is 32.1. The number of anilines is 1. The smallest absolute Gasteiger partial charge is 0.228 e. The Kier molecular flexibility index (Phi) is 6.70. The summed E-state index contributed by atoms with van der Waals surface area (Å²) < 4.78 is 0. The maximum atomic E-state index is 13.1. The van der Waals surface area contributed by atoms with Crippen molar-refractivity contribution in [2.45, 2.75) is 32.2 Å². The molecule has 1 aliphatic heterocycles. The van der Waals surface area contributed by atoms with Gasteiger partial charge in [0.1, 0.15) is 5.01 Å². The molecule has 0 aliphatic carbocycles. The van der Waals surface area contributed by atoms with E-state index < -0.39 is 0 Å². The van der Waals surface area contributed by atoms with Crippen molar-refractivity contribution in [3.8, 4) is 11.1 Å². The van der Waals surface area contributed by atoms with E-state index in [9.17, 15) is 4.79 Å². The number of carbonyl (C=O) groups excluding carboxylic acids is 1. The lowest BCUT2D eigenvalue weighted by Gasteiger charge is -2.28. The number of piperidine rings is 1. The molecule has 1 aromatic heterocycles. The molecule has 1 saturated heterocycles. The van der Waals surface area contributed by atoms with Gasteiger partial charge in [0.2, 0.25) is 5.91 Å². The average Bonchev–Trinajstić information content (AvgIpc) is 3.31. The van der Waals surface area contributed by atoms with Crippen molar-refractivity contribution in [1.82, 2.24) is 9.88 Å². The van der Waals surface area contributed by atoms with Gasteiger partial charge >= 0.3 is 0 Å². The monoisotopic (exact) mass is 405 g/mol. The van der Waals surface area contributed by atoms with E-state index in [-0.39, 0.29) is 5.91 Å². The molecule has 29 heavy (non-hydrogen) atoms. The highest BCUT2D eigenvalue weighted by Crippen LogP contribution is 2.25. The van der Waals surface area contributed by atoms with Gasteiger partial charge in [0.25, 0.3) is 0 Å². The summed E-state index contributed by atoms with van der Waals surface area (Å²) >= 11 is 1.59. The zero-order chi connectivity index (χ0) is 19.9. The van der Waals surface area contributed by atoms with Crippen LogP contribution < -0.4 is 4.90 Å². The average molecular weight is 406 g/mol. The molecule has 0 unspecified atom stereocenters. The second-order valence-corrected chi connectivity index (χ2v) is 8.45. The molecule has 1 aliphatic rings. The highest BCUT2D eigenvalue weighted by molar-refractivity contribution is 7.09. The SMILES string of the molecule is O=C(CCN1CCCCC1)N(Cc1nccs1)c1ccc(-c2ccccc2)cc1. The molecule has 0 N–H and O–H groups in total. The van der Waals surface area contributed by atoms with Gasteiger partial charge in [-0.1, -0.05) is 48.9 Å². The van der Waals surface area contributed by atoms with Gasteiger partial charge in [-0.05, 0) is 49.2 Å². The van der Waals surface area contributed by atoms with E-state index in [1.807, 2.05) is 28.5 Å². The van der Waals surface area contributed by atoms with Crippen LogP contribution in [0, 0.1) is 0 Å². The molecule has 0 atom stereocenters. The molecular weight excluding hydrogens is 378 g/mol. The van der Waals surface area contributed by atoms with Crippen molar-refractivity contribution in [2.24, 2.45) is 0 Å². The predicted molar refractivity (Wildman–Crippen MR) is 120 cm³/mol. The van der Waals surface area contributed by atoms with E-state index >= 15 is 0 Å². The molecule has 4 rings (SSSR count). The van der Waals surface area contributed by atoms with Crippen molar-refractivity contribution < 1.29 is 4.79 Å². The Morgan fingerprint density at radius 2 is 1.69 bits per heavy atom. The molecular formula is C24H27N3OS. The Bertz CT molecular complexity index is 888. The van der Waals surface area contributed by atoms with Crippen LogP contribution in [-0.4, -0.2) is 35.4 Å². The molecule has 1 amide bonds. The minimum atomic E-state index is 0.165. The molecule has 3 aromatic rings. The molecule has 0 saturated carbocycles. The Balaban J connectivity index is 1.49. The fraction of sp³-hybridized carbons (Fsp3) is 0.333.